The van der Waals surface area contributed by atoms with Gasteiger partial charge in [0.05, 0.1) is 6.61 Å². The molecule has 0 aromatic carbocycles. The topological polar surface area (TPSA) is 62.4 Å². The van der Waals surface area contributed by atoms with Crippen molar-refractivity contribution in [2.75, 3.05) is 20.2 Å². The minimum absolute atomic E-state index is 0.0523. The Kier molecular flexibility index (Phi) is 4.54. The average Bonchev–Trinajstić information content (AvgIpc) is 2.64. The van der Waals surface area contributed by atoms with Gasteiger partial charge in [-0.3, -0.25) is 9.59 Å². The van der Waals surface area contributed by atoms with Crippen LogP contribution in [0.1, 0.15) is 17.4 Å². The van der Waals surface area contributed by atoms with E-state index >= 15 is 0 Å². The van der Waals surface area contributed by atoms with Crippen LogP contribution < -0.4 is 0 Å². The minimum Gasteiger partial charge on any atom is -0.465 e. The molecule has 0 radical (unpaired) electrons. The first-order valence-electron chi connectivity index (χ1n) is 4.79. The van der Waals surface area contributed by atoms with E-state index in [1.807, 2.05) is 0 Å². The van der Waals surface area contributed by atoms with Gasteiger partial charge in [-0.1, -0.05) is 0 Å². The molecule has 0 saturated carbocycles. The van der Waals surface area contributed by atoms with Crippen LogP contribution in [0.2, 0.25) is 0 Å². The van der Waals surface area contributed by atoms with Crippen molar-refractivity contribution in [1.29, 1.82) is 0 Å². The van der Waals surface area contributed by atoms with E-state index < -0.39 is 5.97 Å². The third kappa shape index (κ3) is 3.37. The number of nitrogens with zero attached hydrogens (tertiary/aromatic N) is 1. The maximum Gasteiger partial charge on any atom is 0.325 e. The second-order valence-corrected chi connectivity index (χ2v) is 4.11. The zero-order valence-electron chi connectivity index (χ0n) is 9.12. The molecule has 0 atom stereocenters. The zero-order valence-corrected chi connectivity index (χ0v) is 10.7. The molecule has 0 unspecified atom stereocenters. The molecule has 1 N–H and O–H groups in total. The van der Waals surface area contributed by atoms with Gasteiger partial charge < -0.3 is 14.6 Å². The van der Waals surface area contributed by atoms with Crippen LogP contribution in [0.4, 0.5) is 0 Å². The number of halogens is 1. The average molecular weight is 289 g/mol. The summed E-state index contributed by atoms with van der Waals surface area (Å²) in [5.41, 5.74) is 0.429. The fourth-order valence-electron chi connectivity index (χ4n) is 1.17. The SMILES string of the molecule is CCOC(=O)CN(C)C(=O)c1cc(Br)c[nH]1. The van der Waals surface area contributed by atoms with Crippen molar-refractivity contribution >= 4 is 27.8 Å². The standard InChI is InChI=1S/C10H13BrN2O3/c1-3-16-9(14)6-13(2)10(15)8-4-7(11)5-12-8/h4-5,12H,3,6H2,1-2H3. The number of aromatic nitrogens is 1. The summed E-state index contributed by atoms with van der Waals surface area (Å²) in [5, 5.41) is 0. The number of rotatable bonds is 4. The molecular weight excluding hydrogens is 276 g/mol. The van der Waals surface area contributed by atoms with Crippen molar-refractivity contribution in [2.45, 2.75) is 6.92 Å². The lowest BCUT2D eigenvalue weighted by atomic mass is 10.4. The van der Waals surface area contributed by atoms with Gasteiger partial charge in [0.2, 0.25) is 0 Å². The Morgan fingerprint density at radius 3 is 2.75 bits per heavy atom. The molecule has 1 aromatic rings. The lowest BCUT2D eigenvalue weighted by Crippen LogP contribution is -2.33. The van der Waals surface area contributed by atoms with E-state index in [0.717, 1.165) is 4.47 Å². The summed E-state index contributed by atoms with van der Waals surface area (Å²) in [5.74, 6) is -0.664. The first-order valence-corrected chi connectivity index (χ1v) is 5.59. The molecule has 0 aliphatic carbocycles. The zero-order chi connectivity index (χ0) is 12.1. The number of hydrogen-bond donors (Lipinski definition) is 1. The predicted octanol–water partition coefficient (Wildman–Crippen LogP) is 1.41. The van der Waals surface area contributed by atoms with Crippen molar-refractivity contribution in [2.24, 2.45) is 0 Å². The van der Waals surface area contributed by atoms with Crippen LogP contribution in [-0.4, -0.2) is 42.0 Å². The monoisotopic (exact) mass is 288 g/mol. The Bertz CT molecular complexity index is 389. The van der Waals surface area contributed by atoms with E-state index in [1.165, 1.54) is 4.90 Å². The molecular formula is C10H13BrN2O3. The molecule has 1 aromatic heterocycles. The highest BCUT2D eigenvalue weighted by Crippen LogP contribution is 2.11. The van der Waals surface area contributed by atoms with Crippen molar-refractivity contribution in [3.05, 3.63) is 22.4 Å². The van der Waals surface area contributed by atoms with Crippen LogP contribution in [0.25, 0.3) is 0 Å². The molecule has 6 heteroatoms. The van der Waals surface area contributed by atoms with Crippen molar-refractivity contribution < 1.29 is 14.3 Å². The second-order valence-electron chi connectivity index (χ2n) is 3.20. The first kappa shape index (κ1) is 12.8. The van der Waals surface area contributed by atoms with Gasteiger partial charge in [-0.15, -0.1) is 0 Å². The van der Waals surface area contributed by atoms with Gasteiger partial charge in [0, 0.05) is 17.7 Å². The van der Waals surface area contributed by atoms with Crippen molar-refractivity contribution in [3.8, 4) is 0 Å². The number of ether oxygens (including phenoxy) is 1. The molecule has 5 nitrogen and oxygen atoms in total. The van der Waals surface area contributed by atoms with Gasteiger partial charge in [0.25, 0.3) is 5.91 Å². The quantitative estimate of drug-likeness (QED) is 0.852. The summed E-state index contributed by atoms with van der Waals surface area (Å²) < 4.78 is 5.54. The molecule has 0 saturated heterocycles. The van der Waals surface area contributed by atoms with Crippen molar-refractivity contribution in [1.82, 2.24) is 9.88 Å². The smallest absolute Gasteiger partial charge is 0.325 e. The van der Waals surface area contributed by atoms with E-state index in [0.29, 0.717) is 12.3 Å². The number of nitrogens with one attached hydrogen (secondary N) is 1. The van der Waals surface area contributed by atoms with Crippen LogP contribution >= 0.6 is 15.9 Å². The molecule has 1 rings (SSSR count). The summed E-state index contributed by atoms with van der Waals surface area (Å²) in [6.45, 7) is 1.99. The number of esters is 1. The highest BCUT2D eigenvalue weighted by Gasteiger charge is 2.16. The largest absolute Gasteiger partial charge is 0.465 e. The molecule has 1 heterocycles. The molecule has 0 bridgehead atoms. The van der Waals surface area contributed by atoms with E-state index in [2.05, 4.69) is 20.9 Å². The third-order valence-electron chi connectivity index (χ3n) is 1.90. The maximum atomic E-state index is 11.8. The van der Waals surface area contributed by atoms with Gasteiger partial charge in [0.15, 0.2) is 0 Å². The van der Waals surface area contributed by atoms with Crippen LogP contribution in [0.5, 0.6) is 0 Å². The van der Waals surface area contributed by atoms with Gasteiger partial charge in [-0.2, -0.15) is 0 Å². The molecule has 0 spiro atoms. The van der Waals surface area contributed by atoms with Crippen molar-refractivity contribution in [3.63, 3.8) is 0 Å². The highest BCUT2D eigenvalue weighted by atomic mass is 79.9. The van der Waals surface area contributed by atoms with E-state index in [4.69, 9.17) is 4.74 Å². The Morgan fingerprint density at radius 2 is 2.25 bits per heavy atom. The van der Waals surface area contributed by atoms with Crippen LogP contribution in [-0.2, 0) is 9.53 Å². The molecule has 0 aliphatic rings. The van der Waals surface area contributed by atoms with E-state index in [1.54, 1.807) is 26.2 Å². The number of amides is 1. The number of likely N-dealkylation sites (N-methyl/N-ethyl adjacent to an activating group) is 1. The maximum absolute atomic E-state index is 11.8. The van der Waals surface area contributed by atoms with Gasteiger partial charge in [-0.25, -0.2) is 0 Å². The van der Waals surface area contributed by atoms with Gasteiger partial charge in [-0.05, 0) is 28.9 Å². The molecule has 88 valence electrons. The van der Waals surface area contributed by atoms with Crippen LogP contribution in [0, 0.1) is 0 Å². The molecule has 16 heavy (non-hydrogen) atoms. The number of hydrogen-bond acceptors (Lipinski definition) is 3. The third-order valence-corrected chi connectivity index (χ3v) is 2.35. The van der Waals surface area contributed by atoms with Crippen LogP contribution in [0.15, 0.2) is 16.7 Å². The summed E-state index contributed by atoms with van der Waals surface area (Å²) >= 11 is 3.23. The number of carbonyl (C=O) groups excluding carboxylic acids is 2. The molecule has 1 amide bonds. The lowest BCUT2D eigenvalue weighted by Gasteiger charge is -2.14. The Labute approximate surface area is 102 Å². The Morgan fingerprint density at radius 1 is 1.56 bits per heavy atom. The van der Waals surface area contributed by atoms with Crippen LogP contribution in [0.3, 0.4) is 0 Å². The fraction of sp³-hybridized carbons (Fsp3) is 0.400. The normalized spacial score (nSPS) is 9.94. The lowest BCUT2D eigenvalue weighted by molar-refractivity contribution is -0.143. The minimum atomic E-state index is -0.413. The fourth-order valence-corrected chi connectivity index (χ4v) is 1.51. The Hall–Kier alpha value is -1.30. The van der Waals surface area contributed by atoms with Gasteiger partial charge >= 0.3 is 5.97 Å². The summed E-state index contributed by atoms with van der Waals surface area (Å²) in [6, 6.07) is 1.66. The highest BCUT2D eigenvalue weighted by molar-refractivity contribution is 9.10. The summed E-state index contributed by atoms with van der Waals surface area (Å²) in [7, 11) is 1.55. The predicted molar refractivity (Wildman–Crippen MR) is 62.1 cm³/mol. The molecule has 0 aliphatic heterocycles. The van der Waals surface area contributed by atoms with E-state index in [9.17, 15) is 9.59 Å². The van der Waals surface area contributed by atoms with E-state index in [-0.39, 0.29) is 12.5 Å². The number of aromatic amines is 1. The summed E-state index contributed by atoms with van der Waals surface area (Å²) in [6.07, 6.45) is 1.66. The van der Waals surface area contributed by atoms with Gasteiger partial charge in [0.1, 0.15) is 12.2 Å². The molecule has 0 fully saturated rings. The first-order chi connectivity index (χ1) is 7.54. The number of carbonyl (C=O) groups is 2. The second kappa shape index (κ2) is 5.69. The number of H-pyrrole nitrogens is 1. The summed E-state index contributed by atoms with van der Waals surface area (Å²) in [4.78, 5) is 27.0. The Balaban J connectivity index is 2.57.